The quantitative estimate of drug-likeness (QED) is 0.603. The van der Waals surface area contributed by atoms with Crippen molar-refractivity contribution in [1.82, 2.24) is 19.1 Å². The lowest BCUT2D eigenvalue weighted by atomic mass is 10.3. The van der Waals surface area contributed by atoms with Gasteiger partial charge < -0.3 is 10.1 Å². The van der Waals surface area contributed by atoms with Gasteiger partial charge in [0, 0.05) is 18.8 Å². The lowest BCUT2D eigenvalue weighted by Crippen LogP contribution is -2.20. The van der Waals surface area contributed by atoms with Gasteiger partial charge in [-0.05, 0) is 49.8 Å². The molecule has 2 aromatic heterocycles. The molecule has 0 saturated carbocycles. The van der Waals surface area contributed by atoms with Crippen LogP contribution in [-0.2, 0) is 17.8 Å². The van der Waals surface area contributed by atoms with Crippen LogP contribution in [0.3, 0.4) is 0 Å². The molecule has 0 spiro atoms. The molecule has 0 unspecified atom stereocenters. The maximum atomic E-state index is 12.6. The van der Waals surface area contributed by atoms with E-state index in [1.54, 1.807) is 4.68 Å². The largest absolute Gasteiger partial charge is 0.492 e. The highest BCUT2D eigenvalue weighted by molar-refractivity contribution is 7.71. The number of carbonyl (C=O) groups excluding carboxylic acids is 1. The monoisotopic (exact) mass is 385 g/mol. The number of rotatable bonds is 8. The number of aromatic nitrogens is 4. The molecule has 0 radical (unpaired) electrons. The first kappa shape index (κ1) is 18.9. The lowest BCUT2D eigenvalue weighted by Gasteiger charge is -2.11. The van der Waals surface area contributed by atoms with Crippen LogP contribution in [0, 0.1) is 4.77 Å². The van der Waals surface area contributed by atoms with Crippen molar-refractivity contribution in [3.05, 3.63) is 59.4 Å². The van der Waals surface area contributed by atoms with E-state index in [0.29, 0.717) is 22.8 Å². The fourth-order valence-corrected chi connectivity index (χ4v) is 3.10. The van der Waals surface area contributed by atoms with E-state index in [0.717, 1.165) is 18.7 Å². The summed E-state index contributed by atoms with van der Waals surface area (Å²) in [5.41, 5.74) is 0.634. The molecule has 0 aliphatic rings. The van der Waals surface area contributed by atoms with Crippen LogP contribution in [0.2, 0.25) is 0 Å². The molecule has 27 heavy (non-hydrogen) atoms. The van der Waals surface area contributed by atoms with Crippen molar-refractivity contribution >= 4 is 23.8 Å². The fourth-order valence-electron chi connectivity index (χ4n) is 2.79. The number of nitrogens with zero attached hydrogens (tertiary/aromatic N) is 4. The highest BCUT2D eigenvalue weighted by atomic mass is 32.1. The van der Waals surface area contributed by atoms with Crippen LogP contribution in [0.1, 0.15) is 26.1 Å². The Morgan fingerprint density at radius 1 is 1.19 bits per heavy atom. The second-order valence-electron chi connectivity index (χ2n) is 5.96. The number of anilines is 1. The SMILES string of the molecule is CCCc1nn(CC(=O)Nc2ccccc2OCC)c(=S)n1-n1cccc1. The van der Waals surface area contributed by atoms with Gasteiger partial charge in [-0.2, -0.15) is 5.10 Å². The molecule has 1 aromatic carbocycles. The maximum absolute atomic E-state index is 12.6. The molecule has 0 aliphatic carbocycles. The summed E-state index contributed by atoms with van der Waals surface area (Å²) in [6.45, 7) is 4.55. The summed E-state index contributed by atoms with van der Waals surface area (Å²) in [5.74, 6) is 1.25. The van der Waals surface area contributed by atoms with Gasteiger partial charge in [0.2, 0.25) is 10.7 Å². The van der Waals surface area contributed by atoms with Crippen molar-refractivity contribution in [1.29, 1.82) is 0 Å². The van der Waals surface area contributed by atoms with Crippen LogP contribution in [0.4, 0.5) is 5.69 Å². The molecule has 0 aliphatic heterocycles. The molecule has 142 valence electrons. The molecular formula is C19H23N5O2S. The minimum atomic E-state index is -0.210. The summed E-state index contributed by atoms with van der Waals surface area (Å²) in [6, 6.07) is 11.2. The van der Waals surface area contributed by atoms with Crippen LogP contribution < -0.4 is 10.1 Å². The van der Waals surface area contributed by atoms with Crippen molar-refractivity contribution in [3.8, 4) is 5.75 Å². The Labute approximate surface area is 163 Å². The van der Waals surface area contributed by atoms with Crippen molar-refractivity contribution < 1.29 is 9.53 Å². The molecular weight excluding hydrogens is 362 g/mol. The summed E-state index contributed by atoms with van der Waals surface area (Å²) in [5, 5.41) is 7.44. The Hall–Kier alpha value is -2.87. The van der Waals surface area contributed by atoms with Crippen LogP contribution >= 0.6 is 12.2 Å². The number of benzene rings is 1. The normalized spacial score (nSPS) is 10.7. The minimum absolute atomic E-state index is 0.0320. The number of nitrogens with one attached hydrogen (secondary N) is 1. The van der Waals surface area contributed by atoms with Crippen molar-refractivity contribution in [2.45, 2.75) is 33.2 Å². The van der Waals surface area contributed by atoms with Gasteiger partial charge >= 0.3 is 0 Å². The lowest BCUT2D eigenvalue weighted by molar-refractivity contribution is -0.117. The highest BCUT2D eigenvalue weighted by Crippen LogP contribution is 2.23. The van der Waals surface area contributed by atoms with E-state index in [-0.39, 0.29) is 12.5 Å². The highest BCUT2D eigenvalue weighted by Gasteiger charge is 2.15. The van der Waals surface area contributed by atoms with Crippen LogP contribution in [0.5, 0.6) is 5.75 Å². The third kappa shape index (κ3) is 4.28. The average molecular weight is 385 g/mol. The van der Waals surface area contributed by atoms with E-state index in [9.17, 15) is 4.79 Å². The van der Waals surface area contributed by atoms with E-state index in [2.05, 4.69) is 17.3 Å². The summed E-state index contributed by atoms with van der Waals surface area (Å²) in [7, 11) is 0. The molecule has 0 bridgehead atoms. The van der Waals surface area contributed by atoms with Crippen LogP contribution in [0.25, 0.3) is 0 Å². The molecule has 0 fully saturated rings. The van der Waals surface area contributed by atoms with E-state index in [1.165, 1.54) is 0 Å². The third-order valence-electron chi connectivity index (χ3n) is 3.93. The first-order valence-corrected chi connectivity index (χ1v) is 9.39. The Morgan fingerprint density at radius 2 is 1.93 bits per heavy atom. The summed E-state index contributed by atoms with van der Waals surface area (Å²) in [4.78, 5) is 12.6. The van der Waals surface area contributed by atoms with Gasteiger partial charge in [0.15, 0.2) is 5.82 Å². The number of para-hydroxylation sites is 2. The molecule has 1 N–H and O–H groups in total. The molecule has 3 aromatic rings. The van der Waals surface area contributed by atoms with Crippen LogP contribution in [-0.4, -0.2) is 31.6 Å². The summed E-state index contributed by atoms with van der Waals surface area (Å²) < 4.78 is 11.3. The van der Waals surface area contributed by atoms with E-state index in [4.69, 9.17) is 17.0 Å². The molecule has 3 rings (SSSR count). The summed E-state index contributed by atoms with van der Waals surface area (Å²) >= 11 is 5.56. The van der Waals surface area contributed by atoms with Gasteiger partial charge in [0.1, 0.15) is 12.3 Å². The first-order chi connectivity index (χ1) is 13.1. The zero-order valence-electron chi connectivity index (χ0n) is 15.5. The number of ether oxygens (including phenoxy) is 1. The second kappa shape index (κ2) is 8.68. The Bertz CT molecular complexity index is 959. The maximum Gasteiger partial charge on any atom is 0.246 e. The zero-order valence-corrected chi connectivity index (χ0v) is 16.3. The van der Waals surface area contributed by atoms with Gasteiger partial charge in [-0.15, -0.1) is 0 Å². The topological polar surface area (TPSA) is 66.0 Å². The van der Waals surface area contributed by atoms with E-state index < -0.39 is 0 Å². The molecule has 0 atom stereocenters. The van der Waals surface area contributed by atoms with Gasteiger partial charge in [-0.1, -0.05) is 19.1 Å². The van der Waals surface area contributed by atoms with Crippen molar-refractivity contribution in [3.63, 3.8) is 0 Å². The average Bonchev–Trinajstić information content (AvgIpc) is 3.26. The molecule has 0 saturated heterocycles. The number of aryl methyl sites for hydroxylation is 1. The number of hydrogen-bond donors (Lipinski definition) is 1. The van der Waals surface area contributed by atoms with Crippen LogP contribution in [0.15, 0.2) is 48.8 Å². The fraction of sp³-hybridized carbons (Fsp3) is 0.316. The van der Waals surface area contributed by atoms with Gasteiger partial charge in [-0.3, -0.25) is 9.47 Å². The molecule has 1 amide bonds. The third-order valence-corrected chi connectivity index (χ3v) is 4.31. The molecule has 2 heterocycles. The minimum Gasteiger partial charge on any atom is -0.492 e. The zero-order chi connectivity index (χ0) is 19.2. The number of amides is 1. The van der Waals surface area contributed by atoms with Gasteiger partial charge in [0.05, 0.1) is 12.3 Å². The Morgan fingerprint density at radius 3 is 2.63 bits per heavy atom. The van der Waals surface area contributed by atoms with Gasteiger partial charge in [-0.25, -0.2) is 9.36 Å². The van der Waals surface area contributed by atoms with Crippen molar-refractivity contribution in [2.24, 2.45) is 0 Å². The Kier molecular flexibility index (Phi) is 6.08. The number of carbonyl (C=O) groups is 1. The molecule has 8 heteroatoms. The summed E-state index contributed by atoms with van der Waals surface area (Å²) in [6.07, 6.45) is 5.50. The number of hydrogen-bond acceptors (Lipinski definition) is 4. The van der Waals surface area contributed by atoms with E-state index >= 15 is 0 Å². The predicted octanol–water partition coefficient (Wildman–Crippen LogP) is 3.52. The van der Waals surface area contributed by atoms with E-state index in [1.807, 2.05) is 65.1 Å². The standard InChI is InChI=1S/C19H23N5O2S/c1-3-9-17-21-23(19(27)24(17)22-12-7-8-13-22)14-18(25)20-15-10-5-6-11-16(15)26-4-2/h5-8,10-13H,3-4,9,14H2,1-2H3,(H,20,25). The Balaban J connectivity index is 1.83. The molecule has 7 nitrogen and oxygen atoms in total. The predicted molar refractivity (Wildman–Crippen MR) is 107 cm³/mol. The smallest absolute Gasteiger partial charge is 0.246 e. The second-order valence-corrected chi connectivity index (χ2v) is 6.32. The van der Waals surface area contributed by atoms with Crippen molar-refractivity contribution in [2.75, 3.05) is 11.9 Å². The van der Waals surface area contributed by atoms with Gasteiger partial charge in [0.25, 0.3) is 0 Å². The first-order valence-electron chi connectivity index (χ1n) is 8.98.